The van der Waals surface area contributed by atoms with E-state index in [0.717, 1.165) is 0 Å². The Labute approximate surface area is 126 Å². The molecule has 0 amide bonds. The molecule has 1 aromatic heterocycles. The summed E-state index contributed by atoms with van der Waals surface area (Å²) < 4.78 is 0.626. The molecule has 6 heteroatoms. The van der Waals surface area contributed by atoms with Crippen LogP contribution in [0.5, 0.6) is 0 Å². The molecule has 0 saturated heterocycles. The zero-order chi connectivity index (χ0) is 15.0. The molecule has 1 aromatic carbocycles. The van der Waals surface area contributed by atoms with Crippen molar-refractivity contribution in [2.75, 3.05) is 0 Å². The Balaban J connectivity index is 0.000000741. The zero-order valence-corrected chi connectivity index (χ0v) is 13.6. The highest BCUT2D eigenvalue weighted by molar-refractivity contribution is 9.10. The minimum atomic E-state index is -1.11. The number of aromatic nitrogens is 2. The van der Waals surface area contributed by atoms with Crippen LogP contribution in [0.4, 0.5) is 0 Å². The Morgan fingerprint density at radius 1 is 1.26 bits per heavy atom. The van der Waals surface area contributed by atoms with Gasteiger partial charge in [0.15, 0.2) is 5.69 Å². The monoisotopic (exact) mass is 346 g/mol. The van der Waals surface area contributed by atoms with Crippen LogP contribution in [0, 0.1) is 0 Å². The minimum absolute atomic E-state index is 0.0921. The van der Waals surface area contributed by atoms with E-state index in [0.29, 0.717) is 20.5 Å². The third-order valence-corrected chi connectivity index (χ3v) is 2.61. The van der Waals surface area contributed by atoms with Gasteiger partial charge >= 0.3 is 5.97 Å². The summed E-state index contributed by atoms with van der Waals surface area (Å²) in [6.45, 7) is 8.00. The average molecular weight is 348 g/mol. The lowest BCUT2D eigenvalue weighted by atomic mass is 10.3. The van der Waals surface area contributed by atoms with Crippen LogP contribution >= 0.6 is 27.5 Å². The van der Waals surface area contributed by atoms with Crippen molar-refractivity contribution in [1.29, 1.82) is 0 Å². The molecular formula is C13H16BrClN2O2. The Bertz CT molecular complexity index is 562. The van der Waals surface area contributed by atoms with E-state index in [9.17, 15) is 4.79 Å². The van der Waals surface area contributed by atoms with Gasteiger partial charge in [-0.3, -0.25) is 4.98 Å². The van der Waals surface area contributed by atoms with Crippen LogP contribution in [-0.4, -0.2) is 21.0 Å². The van der Waals surface area contributed by atoms with Crippen LogP contribution in [0.3, 0.4) is 0 Å². The first-order chi connectivity index (χ1) is 9.08. The molecule has 0 aliphatic rings. The highest BCUT2D eigenvalue weighted by Crippen LogP contribution is 2.25. The highest BCUT2D eigenvalue weighted by Gasteiger charge is 2.09. The molecule has 2 aromatic rings. The standard InChI is InChI=1S/C9H4BrClN2O2.2C2H6/c10-5-1-4(11)2-6-8(5)13-7(3-12-6)9(14)15;2*1-2/h1-3H,(H,14,15);2*1-2H3. The molecule has 0 unspecified atom stereocenters. The molecule has 0 aliphatic heterocycles. The summed E-state index contributed by atoms with van der Waals surface area (Å²) in [5.41, 5.74) is 0.948. The van der Waals surface area contributed by atoms with Gasteiger partial charge in [-0.05, 0) is 28.1 Å². The zero-order valence-electron chi connectivity index (χ0n) is 11.2. The second kappa shape index (κ2) is 8.82. The number of carboxylic acid groups (broad SMARTS) is 1. The van der Waals surface area contributed by atoms with E-state index in [-0.39, 0.29) is 5.69 Å². The lowest BCUT2D eigenvalue weighted by Gasteiger charge is -2.01. The average Bonchev–Trinajstić information content (AvgIpc) is 2.42. The first kappa shape index (κ1) is 17.8. The number of hydrogen-bond acceptors (Lipinski definition) is 3. The summed E-state index contributed by atoms with van der Waals surface area (Å²) in [6.07, 6.45) is 1.20. The Kier molecular flexibility index (Phi) is 8.27. The summed E-state index contributed by atoms with van der Waals surface area (Å²) in [5.74, 6) is -1.11. The molecule has 0 aliphatic carbocycles. The maximum atomic E-state index is 10.7. The summed E-state index contributed by atoms with van der Waals surface area (Å²) in [6, 6.07) is 3.27. The number of benzene rings is 1. The van der Waals surface area contributed by atoms with Crippen molar-refractivity contribution >= 4 is 44.5 Å². The molecule has 4 nitrogen and oxygen atoms in total. The number of halogens is 2. The van der Waals surface area contributed by atoms with Crippen molar-refractivity contribution in [3.63, 3.8) is 0 Å². The van der Waals surface area contributed by atoms with E-state index in [1.165, 1.54) is 6.20 Å². The first-order valence-electron chi connectivity index (χ1n) is 5.93. The third kappa shape index (κ3) is 4.76. The number of carbonyl (C=O) groups is 1. The number of carboxylic acids is 1. The largest absolute Gasteiger partial charge is 0.476 e. The molecule has 2 rings (SSSR count). The molecule has 0 spiro atoms. The van der Waals surface area contributed by atoms with Crippen molar-refractivity contribution < 1.29 is 9.90 Å². The molecular weight excluding hydrogens is 332 g/mol. The quantitative estimate of drug-likeness (QED) is 0.805. The second-order valence-corrected chi connectivity index (χ2v) is 4.11. The van der Waals surface area contributed by atoms with Crippen molar-refractivity contribution in [1.82, 2.24) is 9.97 Å². The lowest BCUT2D eigenvalue weighted by Crippen LogP contribution is -2.01. The number of fused-ring (bicyclic) bond motifs is 1. The van der Waals surface area contributed by atoms with Gasteiger partial charge in [-0.25, -0.2) is 9.78 Å². The predicted molar refractivity (Wildman–Crippen MR) is 81.9 cm³/mol. The minimum Gasteiger partial charge on any atom is -0.476 e. The van der Waals surface area contributed by atoms with Crippen LogP contribution in [-0.2, 0) is 0 Å². The van der Waals surface area contributed by atoms with Gasteiger partial charge in [0.25, 0.3) is 0 Å². The molecule has 1 heterocycles. The molecule has 0 atom stereocenters. The smallest absolute Gasteiger partial charge is 0.356 e. The van der Waals surface area contributed by atoms with Gasteiger partial charge in [0.05, 0.1) is 11.7 Å². The van der Waals surface area contributed by atoms with Crippen molar-refractivity contribution in [2.24, 2.45) is 0 Å². The SMILES string of the molecule is CC.CC.O=C(O)c1cnc2cc(Cl)cc(Br)c2n1. The van der Waals surface area contributed by atoms with Crippen molar-refractivity contribution in [3.8, 4) is 0 Å². The van der Waals surface area contributed by atoms with Crippen molar-refractivity contribution in [3.05, 3.63) is 33.5 Å². The van der Waals surface area contributed by atoms with Crippen LogP contribution in [0.2, 0.25) is 5.02 Å². The first-order valence-corrected chi connectivity index (χ1v) is 7.10. The van der Waals surface area contributed by atoms with Gasteiger partial charge in [0.2, 0.25) is 0 Å². The van der Waals surface area contributed by atoms with Gasteiger partial charge < -0.3 is 5.11 Å². The summed E-state index contributed by atoms with van der Waals surface area (Å²) in [7, 11) is 0. The summed E-state index contributed by atoms with van der Waals surface area (Å²) in [5, 5.41) is 9.27. The maximum absolute atomic E-state index is 10.7. The molecule has 0 bridgehead atoms. The van der Waals surface area contributed by atoms with E-state index < -0.39 is 5.97 Å². The molecule has 0 saturated carbocycles. The number of aromatic carboxylic acids is 1. The number of nitrogens with zero attached hydrogens (tertiary/aromatic N) is 2. The van der Waals surface area contributed by atoms with E-state index in [4.69, 9.17) is 16.7 Å². The fourth-order valence-corrected chi connectivity index (χ4v) is 2.03. The summed E-state index contributed by atoms with van der Waals surface area (Å²) in [4.78, 5) is 18.6. The fourth-order valence-electron chi connectivity index (χ4n) is 1.14. The van der Waals surface area contributed by atoms with Crippen molar-refractivity contribution in [2.45, 2.75) is 27.7 Å². The fraction of sp³-hybridized carbons (Fsp3) is 0.308. The van der Waals surface area contributed by atoms with Gasteiger partial charge in [-0.1, -0.05) is 39.3 Å². The van der Waals surface area contributed by atoms with Gasteiger partial charge in [0.1, 0.15) is 5.52 Å². The number of rotatable bonds is 1. The van der Waals surface area contributed by atoms with E-state index in [1.807, 2.05) is 27.7 Å². The van der Waals surface area contributed by atoms with Gasteiger partial charge in [0, 0.05) is 9.50 Å². The van der Waals surface area contributed by atoms with E-state index in [2.05, 4.69) is 25.9 Å². The molecule has 19 heavy (non-hydrogen) atoms. The van der Waals surface area contributed by atoms with E-state index in [1.54, 1.807) is 12.1 Å². The topological polar surface area (TPSA) is 63.1 Å². The van der Waals surface area contributed by atoms with Crippen LogP contribution < -0.4 is 0 Å². The molecule has 0 fully saturated rings. The highest BCUT2D eigenvalue weighted by atomic mass is 79.9. The van der Waals surface area contributed by atoms with Gasteiger partial charge in [-0.15, -0.1) is 0 Å². The normalized spacial score (nSPS) is 8.95. The maximum Gasteiger partial charge on any atom is 0.356 e. The third-order valence-electron chi connectivity index (χ3n) is 1.79. The summed E-state index contributed by atoms with van der Waals surface area (Å²) >= 11 is 9.06. The van der Waals surface area contributed by atoms with E-state index >= 15 is 0 Å². The Hall–Kier alpha value is -1.20. The van der Waals surface area contributed by atoms with Crippen LogP contribution in [0.25, 0.3) is 11.0 Å². The van der Waals surface area contributed by atoms with Gasteiger partial charge in [-0.2, -0.15) is 0 Å². The lowest BCUT2D eigenvalue weighted by molar-refractivity contribution is 0.0690. The van der Waals surface area contributed by atoms with Crippen LogP contribution in [0.1, 0.15) is 38.2 Å². The second-order valence-electron chi connectivity index (χ2n) is 2.82. The molecule has 104 valence electrons. The predicted octanol–water partition coefficient (Wildman–Crippen LogP) is 4.80. The number of hydrogen-bond donors (Lipinski definition) is 1. The Morgan fingerprint density at radius 3 is 2.37 bits per heavy atom. The molecule has 0 radical (unpaired) electrons. The molecule has 1 N–H and O–H groups in total. The Morgan fingerprint density at radius 2 is 1.84 bits per heavy atom. The van der Waals surface area contributed by atoms with Crippen LogP contribution in [0.15, 0.2) is 22.8 Å².